The molecule has 0 saturated heterocycles. The van der Waals surface area contributed by atoms with Crippen molar-refractivity contribution in [1.29, 1.82) is 0 Å². The molecule has 3 aliphatic rings. The second-order valence-corrected chi connectivity index (χ2v) is 12.0. The lowest BCUT2D eigenvalue weighted by atomic mass is 9.57. The minimum Gasteiger partial charge on any atom is -0.508 e. The molecular weight excluding hydrogens is 532 g/mol. The normalized spacial score (nSPS) is 25.7. The monoisotopic (exact) mass is 570 g/mol. The Balaban J connectivity index is 1.95. The molecule has 4 atom stereocenters. The van der Waals surface area contributed by atoms with E-state index in [0.717, 1.165) is 0 Å². The number of nitrogens with two attached hydrogens (primary N) is 1. The molecular formula is C29H38N4O8. The van der Waals surface area contributed by atoms with Crippen LogP contribution in [-0.4, -0.2) is 100 Å². The smallest absolute Gasteiger partial charge is 0.255 e. The fraction of sp³-hybridized carbons (Fsp3) is 0.517. The summed E-state index contributed by atoms with van der Waals surface area (Å²) >= 11 is 0. The molecule has 1 aromatic carbocycles. The van der Waals surface area contributed by atoms with Crippen molar-refractivity contribution in [3.63, 3.8) is 0 Å². The van der Waals surface area contributed by atoms with Crippen LogP contribution in [0.2, 0.25) is 0 Å². The summed E-state index contributed by atoms with van der Waals surface area (Å²) in [5, 5.41) is 45.7. The lowest BCUT2D eigenvalue weighted by Gasteiger charge is -2.50. The molecule has 1 saturated carbocycles. The first-order valence-electron chi connectivity index (χ1n) is 13.5. The number of anilines is 1. The number of hydrogen-bond acceptors (Lipinski definition) is 10. The van der Waals surface area contributed by atoms with E-state index in [9.17, 15) is 39.6 Å². The first-order chi connectivity index (χ1) is 19.1. The largest absolute Gasteiger partial charge is 0.508 e. The molecule has 0 aromatic heterocycles. The van der Waals surface area contributed by atoms with Crippen molar-refractivity contribution in [2.75, 3.05) is 39.6 Å². The Bertz CT molecular complexity index is 1400. The summed E-state index contributed by atoms with van der Waals surface area (Å²) in [6.07, 6.45) is 0.869. The summed E-state index contributed by atoms with van der Waals surface area (Å²) in [6.45, 7) is 4.38. The number of rotatable bonds is 8. The zero-order chi connectivity index (χ0) is 30.7. The highest BCUT2D eigenvalue weighted by Gasteiger charge is 2.64. The van der Waals surface area contributed by atoms with Gasteiger partial charge >= 0.3 is 0 Å². The maximum Gasteiger partial charge on any atom is 0.255 e. The molecule has 1 unspecified atom stereocenters. The highest BCUT2D eigenvalue weighted by Crippen LogP contribution is 2.54. The van der Waals surface area contributed by atoms with Gasteiger partial charge in [-0.2, -0.15) is 0 Å². The summed E-state index contributed by atoms with van der Waals surface area (Å²) in [6, 6.07) is 0.594. The average Bonchev–Trinajstić information content (AvgIpc) is 2.86. The fourth-order valence-corrected chi connectivity index (χ4v) is 6.70. The predicted octanol–water partition coefficient (Wildman–Crippen LogP) is 0.644. The third kappa shape index (κ3) is 4.55. The van der Waals surface area contributed by atoms with Gasteiger partial charge in [0.2, 0.25) is 12.2 Å². The third-order valence-electron chi connectivity index (χ3n) is 8.38. The Labute approximate surface area is 238 Å². The van der Waals surface area contributed by atoms with E-state index in [0.29, 0.717) is 29.8 Å². The Morgan fingerprint density at radius 2 is 1.80 bits per heavy atom. The van der Waals surface area contributed by atoms with Gasteiger partial charge in [0.05, 0.1) is 11.6 Å². The summed E-state index contributed by atoms with van der Waals surface area (Å²) in [7, 11) is 6.69. The Morgan fingerprint density at radius 3 is 2.32 bits per heavy atom. The van der Waals surface area contributed by atoms with Crippen LogP contribution in [0.5, 0.6) is 5.75 Å². The molecule has 2 amide bonds. The van der Waals surface area contributed by atoms with E-state index in [1.54, 1.807) is 39.2 Å². The van der Waals surface area contributed by atoms with Crippen LogP contribution in [0.15, 0.2) is 23.0 Å². The van der Waals surface area contributed by atoms with Gasteiger partial charge in [-0.05, 0) is 50.4 Å². The molecule has 4 rings (SSSR count). The van der Waals surface area contributed by atoms with E-state index in [1.165, 1.54) is 9.80 Å². The number of benzene rings is 1. The molecule has 0 heterocycles. The fourth-order valence-electron chi connectivity index (χ4n) is 6.70. The van der Waals surface area contributed by atoms with Crippen LogP contribution in [0.1, 0.15) is 37.0 Å². The van der Waals surface area contributed by atoms with Crippen molar-refractivity contribution in [1.82, 2.24) is 9.80 Å². The number of fused-ring (bicyclic) bond motifs is 3. The van der Waals surface area contributed by atoms with Crippen molar-refractivity contribution in [2.45, 2.75) is 44.9 Å². The Kier molecular flexibility index (Phi) is 7.70. The van der Waals surface area contributed by atoms with Crippen molar-refractivity contribution in [3.05, 3.63) is 39.7 Å². The number of phenolic OH excluding ortho intramolecular Hbond substituents is 1. The maximum atomic E-state index is 14.1. The molecule has 0 aliphatic heterocycles. The van der Waals surface area contributed by atoms with E-state index in [1.807, 2.05) is 13.8 Å². The second-order valence-electron chi connectivity index (χ2n) is 12.0. The number of aromatic hydroxyl groups is 1. The molecule has 41 heavy (non-hydrogen) atoms. The van der Waals surface area contributed by atoms with Gasteiger partial charge in [-0.25, -0.2) is 0 Å². The van der Waals surface area contributed by atoms with E-state index in [-0.39, 0.29) is 42.2 Å². The lowest BCUT2D eigenvalue weighted by Crippen LogP contribution is -2.65. The number of likely N-dealkylation sites (N-methyl/N-ethyl adjacent to an activating group) is 1. The van der Waals surface area contributed by atoms with Gasteiger partial charge in [-0.1, -0.05) is 13.8 Å². The van der Waals surface area contributed by atoms with Crippen LogP contribution < -0.4 is 10.6 Å². The van der Waals surface area contributed by atoms with Crippen LogP contribution in [0.4, 0.5) is 5.69 Å². The summed E-state index contributed by atoms with van der Waals surface area (Å²) < 4.78 is 0. The zero-order valence-electron chi connectivity index (χ0n) is 24.1. The molecule has 12 nitrogen and oxygen atoms in total. The Hall–Kier alpha value is -3.90. The molecule has 3 aliphatic carbocycles. The van der Waals surface area contributed by atoms with Crippen LogP contribution in [0, 0.1) is 17.8 Å². The van der Waals surface area contributed by atoms with Gasteiger partial charge in [0.1, 0.15) is 22.8 Å². The van der Waals surface area contributed by atoms with Crippen LogP contribution in [0.3, 0.4) is 0 Å². The minimum absolute atomic E-state index is 0.00196. The van der Waals surface area contributed by atoms with Crippen LogP contribution in [0.25, 0.3) is 5.76 Å². The SMILES string of the molecule is CC(C)CN(C=O)Cc1cc(N(C)C)c2c(c1O)C(O)=C1C(=O)[C@]3(O)C(O)=C(C(N)=O)C(=O)C(N(C)C)[C@@H]3C[C@@H]1C2. The average molecular weight is 571 g/mol. The quantitative estimate of drug-likeness (QED) is 0.219. The first-order valence-corrected chi connectivity index (χ1v) is 13.5. The van der Waals surface area contributed by atoms with Crippen molar-refractivity contribution in [3.8, 4) is 5.75 Å². The zero-order valence-corrected chi connectivity index (χ0v) is 24.1. The van der Waals surface area contributed by atoms with Gasteiger partial charge in [0, 0.05) is 49.9 Å². The van der Waals surface area contributed by atoms with E-state index in [4.69, 9.17) is 5.73 Å². The topological polar surface area (TPSA) is 185 Å². The summed E-state index contributed by atoms with van der Waals surface area (Å²) in [5.74, 6) is -6.81. The maximum absolute atomic E-state index is 14.1. The molecule has 0 radical (unpaired) electrons. The van der Waals surface area contributed by atoms with Crippen molar-refractivity contribution < 1.29 is 39.6 Å². The van der Waals surface area contributed by atoms with E-state index in [2.05, 4.69) is 0 Å². The molecule has 12 heteroatoms. The number of aliphatic hydroxyl groups excluding tert-OH is 2. The Morgan fingerprint density at radius 1 is 1.17 bits per heavy atom. The second kappa shape index (κ2) is 10.5. The highest BCUT2D eigenvalue weighted by molar-refractivity contribution is 6.24. The van der Waals surface area contributed by atoms with Gasteiger partial charge in [0.15, 0.2) is 11.4 Å². The van der Waals surface area contributed by atoms with Crippen LogP contribution in [-0.2, 0) is 32.1 Å². The van der Waals surface area contributed by atoms with E-state index < -0.39 is 58.0 Å². The third-order valence-corrected chi connectivity index (χ3v) is 8.38. The van der Waals surface area contributed by atoms with Gasteiger partial charge in [-0.3, -0.25) is 24.1 Å². The molecule has 0 spiro atoms. The standard InChI is InChI=1S/C29H38N4O8/c1-13(2)10-33(12-34)11-15-9-18(31(3)4)16-7-14-8-17-22(32(5)6)25(37)21(28(30)40)27(39)29(17,41)26(38)19(14)24(36)20(16)23(15)35/h9,12-14,17,22,35-36,39,41H,7-8,10-11H2,1-6H3,(H2,30,40)/t14-,17-,22?,29-/m0/s1. The molecule has 1 fully saturated rings. The number of amides is 2. The van der Waals surface area contributed by atoms with Gasteiger partial charge < -0.3 is 36.0 Å². The lowest BCUT2D eigenvalue weighted by molar-refractivity contribution is -0.153. The van der Waals surface area contributed by atoms with Crippen LogP contribution >= 0.6 is 0 Å². The van der Waals surface area contributed by atoms with Gasteiger partial charge in [-0.15, -0.1) is 0 Å². The molecule has 1 aromatic rings. The van der Waals surface area contributed by atoms with Gasteiger partial charge in [0.25, 0.3) is 5.91 Å². The number of carbonyl (C=O) groups is 4. The number of Topliss-reactive ketones (excluding diaryl/α,β-unsaturated/α-hetero) is 2. The van der Waals surface area contributed by atoms with Crippen molar-refractivity contribution in [2.24, 2.45) is 23.5 Å². The summed E-state index contributed by atoms with van der Waals surface area (Å²) in [4.78, 5) is 56.0. The number of ketones is 2. The molecule has 6 N–H and O–H groups in total. The number of aliphatic hydroxyl groups is 3. The highest BCUT2D eigenvalue weighted by atomic mass is 16.3. The number of primary amides is 1. The predicted molar refractivity (Wildman–Crippen MR) is 150 cm³/mol. The first kappa shape index (κ1) is 30.1. The number of carbonyl (C=O) groups excluding carboxylic acids is 4. The molecule has 222 valence electrons. The minimum atomic E-state index is -2.70. The number of phenols is 1. The molecule has 0 bridgehead atoms. The number of nitrogens with zero attached hydrogens (tertiary/aromatic N) is 3. The van der Waals surface area contributed by atoms with Crippen molar-refractivity contribution >= 4 is 35.3 Å². The number of hydrogen-bond donors (Lipinski definition) is 5. The van der Waals surface area contributed by atoms with E-state index >= 15 is 0 Å². The summed E-state index contributed by atoms with van der Waals surface area (Å²) in [5.41, 5.74) is 3.16.